The van der Waals surface area contributed by atoms with Gasteiger partial charge < -0.3 is 9.88 Å². The van der Waals surface area contributed by atoms with Crippen molar-refractivity contribution in [3.63, 3.8) is 0 Å². The molecular weight excluding hydrogens is 160 g/mol. The molecule has 2 nitrogen and oxygen atoms in total. The summed E-state index contributed by atoms with van der Waals surface area (Å²) in [6.07, 6.45) is 0. The Hall–Kier alpha value is -1.28. The number of rotatable bonds is 0. The molecule has 1 N–H and O–H groups in total. The van der Waals surface area contributed by atoms with Crippen LogP contribution in [0.4, 0.5) is 0 Å². The van der Waals surface area contributed by atoms with Crippen LogP contribution in [0.1, 0.15) is 5.69 Å². The van der Waals surface area contributed by atoms with Crippen LogP contribution in [-0.4, -0.2) is 11.1 Å². The Bertz CT molecular complexity index is 442. The third-order valence-electron chi connectivity index (χ3n) is 2.65. The molecule has 0 fully saturated rings. The Morgan fingerprint density at radius 3 is 3.46 bits per heavy atom. The lowest BCUT2D eigenvalue weighted by atomic mass is 10.2. The first-order valence-electron chi connectivity index (χ1n) is 4.64. The summed E-state index contributed by atoms with van der Waals surface area (Å²) in [6.45, 7) is 3.16. The van der Waals surface area contributed by atoms with E-state index in [2.05, 4.69) is 34.1 Å². The van der Waals surface area contributed by atoms with Gasteiger partial charge in [-0.2, -0.15) is 0 Å². The van der Waals surface area contributed by atoms with Crippen molar-refractivity contribution < 1.29 is 0 Å². The van der Waals surface area contributed by atoms with Gasteiger partial charge in [0.2, 0.25) is 0 Å². The lowest BCUT2D eigenvalue weighted by molar-refractivity contribution is 0.527. The molecule has 1 aromatic carbocycles. The first kappa shape index (κ1) is 7.15. The zero-order valence-corrected chi connectivity index (χ0v) is 7.38. The molecule has 0 amide bonds. The van der Waals surface area contributed by atoms with Crippen LogP contribution in [0.5, 0.6) is 0 Å². The van der Waals surface area contributed by atoms with Gasteiger partial charge in [0.25, 0.3) is 0 Å². The van der Waals surface area contributed by atoms with E-state index < -0.39 is 0 Å². The van der Waals surface area contributed by atoms with E-state index in [1.54, 1.807) is 0 Å². The number of hydrogen-bond acceptors (Lipinski definition) is 1. The average Bonchev–Trinajstić information content (AvgIpc) is 2.56. The normalized spacial score (nSPS) is 16.0. The quantitative estimate of drug-likeness (QED) is 0.636. The summed E-state index contributed by atoms with van der Waals surface area (Å²) in [7, 11) is 0. The minimum Gasteiger partial charge on any atom is -0.342 e. The van der Waals surface area contributed by atoms with Crippen molar-refractivity contribution in [3.05, 3.63) is 36.0 Å². The van der Waals surface area contributed by atoms with Crippen LogP contribution >= 0.6 is 0 Å². The molecule has 1 aromatic heterocycles. The van der Waals surface area contributed by atoms with E-state index in [1.807, 2.05) is 6.07 Å². The van der Waals surface area contributed by atoms with Crippen LogP contribution in [0.3, 0.4) is 0 Å². The lowest BCUT2D eigenvalue weighted by Gasteiger charge is -2.16. The molecule has 0 atom stereocenters. The molecule has 0 aliphatic carbocycles. The van der Waals surface area contributed by atoms with Gasteiger partial charge in [-0.3, -0.25) is 0 Å². The molecule has 0 unspecified atom stereocenters. The van der Waals surface area contributed by atoms with Crippen molar-refractivity contribution in [2.75, 3.05) is 6.54 Å². The fourth-order valence-corrected chi connectivity index (χ4v) is 2.03. The SMILES string of the molecule is [c]1ccc2c(c1)cc1n2CCNC1. The zero-order chi connectivity index (χ0) is 8.67. The molecule has 0 spiro atoms. The van der Waals surface area contributed by atoms with Crippen LogP contribution in [0.15, 0.2) is 24.3 Å². The standard InChI is InChI=1S/C11H11N2/c1-2-4-11-9(3-1)7-10-8-12-5-6-13(10)11/h2-4,7,12H,5-6,8H2. The summed E-state index contributed by atoms with van der Waals surface area (Å²) in [5.74, 6) is 0. The molecule has 13 heavy (non-hydrogen) atoms. The Morgan fingerprint density at radius 1 is 1.46 bits per heavy atom. The molecule has 1 aliphatic heterocycles. The Balaban J connectivity index is 2.34. The van der Waals surface area contributed by atoms with Crippen LogP contribution in [0.2, 0.25) is 0 Å². The number of aromatic nitrogens is 1. The fourth-order valence-electron chi connectivity index (χ4n) is 2.03. The number of benzene rings is 1. The molecule has 1 aliphatic rings. The minimum absolute atomic E-state index is 0.995. The van der Waals surface area contributed by atoms with Crippen LogP contribution in [-0.2, 0) is 13.1 Å². The third kappa shape index (κ3) is 0.988. The Kier molecular flexibility index (Phi) is 1.43. The van der Waals surface area contributed by atoms with Gasteiger partial charge in [-0.15, -0.1) is 0 Å². The summed E-state index contributed by atoms with van der Waals surface area (Å²) in [5, 5.41) is 4.68. The van der Waals surface area contributed by atoms with Crippen molar-refractivity contribution in [2.45, 2.75) is 13.1 Å². The van der Waals surface area contributed by atoms with Gasteiger partial charge >= 0.3 is 0 Å². The van der Waals surface area contributed by atoms with Crippen LogP contribution in [0, 0.1) is 6.07 Å². The van der Waals surface area contributed by atoms with E-state index in [1.165, 1.54) is 16.6 Å². The van der Waals surface area contributed by atoms with E-state index in [4.69, 9.17) is 0 Å². The number of nitrogens with zero attached hydrogens (tertiary/aromatic N) is 1. The van der Waals surface area contributed by atoms with Gasteiger partial charge in [-0.05, 0) is 24.3 Å². The average molecular weight is 171 g/mol. The highest BCUT2D eigenvalue weighted by molar-refractivity contribution is 5.81. The molecular formula is C11H11N2. The maximum absolute atomic E-state index is 3.37. The Morgan fingerprint density at radius 2 is 2.46 bits per heavy atom. The number of fused-ring (bicyclic) bond motifs is 3. The highest BCUT2D eigenvalue weighted by Crippen LogP contribution is 2.20. The maximum atomic E-state index is 3.37. The van der Waals surface area contributed by atoms with Gasteiger partial charge in [0.15, 0.2) is 0 Å². The summed E-state index contributed by atoms with van der Waals surface area (Å²) in [4.78, 5) is 0. The summed E-state index contributed by atoms with van der Waals surface area (Å²) in [6, 6.07) is 11.5. The summed E-state index contributed by atoms with van der Waals surface area (Å²) >= 11 is 0. The molecule has 2 heteroatoms. The van der Waals surface area contributed by atoms with E-state index in [0.29, 0.717) is 0 Å². The predicted octanol–water partition coefficient (Wildman–Crippen LogP) is 1.54. The van der Waals surface area contributed by atoms with E-state index in [9.17, 15) is 0 Å². The first-order chi connectivity index (χ1) is 6.45. The van der Waals surface area contributed by atoms with Gasteiger partial charge in [0, 0.05) is 36.2 Å². The smallest absolute Gasteiger partial charge is 0.0483 e. The van der Waals surface area contributed by atoms with Gasteiger partial charge in [0.05, 0.1) is 0 Å². The van der Waals surface area contributed by atoms with Crippen molar-refractivity contribution in [2.24, 2.45) is 0 Å². The topological polar surface area (TPSA) is 17.0 Å². The van der Waals surface area contributed by atoms with Crippen molar-refractivity contribution in [1.82, 2.24) is 9.88 Å². The first-order valence-corrected chi connectivity index (χ1v) is 4.64. The molecule has 0 saturated carbocycles. The minimum atomic E-state index is 0.995. The van der Waals surface area contributed by atoms with Gasteiger partial charge in [-0.25, -0.2) is 0 Å². The fraction of sp³-hybridized carbons (Fsp3) is 0.273. The van der Waals surface area contributed by atoms with Crippen LogP contribution < -0.4 is 5.32 Å². The van der Waals surface area contributed by atoms with Gasteiger partial charge in [0.1, 0.15) is 0 Å². The largest absolute Gasteiger partial charge is 0.342 e. The second-order valence-corrected chi connectivity index (χ2v) is 3.45. The summed E-state index contributed by atoms with van der Waals surface area (Å²) < 4.78 is 2.39. The molecule has 0 bridgehead atoms. The summed E-state index contributed by atoms with van der Waals surface area (Å²) in [5.41, 5.74) is 2.73. The molecule has 2 heterocycles. The lowest BCUT2D eigenvalue weighted by Crippen LogP contribution is -2.27. The predicted molar refractivity (Wildman–Crippen MR) is 52.5 cm³/mol. The highest BCUT2D eigenvalue weighted by Gasteiger charge is 2.10. The molecule has 1 radical (unpaired) electrons. The highest BCUT2D eigenvalue weighted by atomic mass is 15.1. The zero-order valence-electron chi connectivity index (χ0n) is 7.38. The second-order valence-electron chi connectivity index (χ2n) is 3.45. The van der Waals surface area contributed by atoms with E-state index >= 15 is 0 Å². The third-order valence-corrected chi connectivity index (χ3v) is 2.65. The molecule has 65 valence electrons. The van der Waals surface area contributed by atoms with E-state index in [0.717, 1.165) is 19.6 Å². The molecule has 0 saturated heterocycles. The van der Waals surface area contributed by atoms with Crippen LogP contribution in [0.25, 0.3) is 10.9 Å². The van der Waals surface area contributed by atoms with Crippen molar-refractivity contribution in [3.8, 4) is 0 Å². The van der Waals surface area contributed by atoms with Crippen molar-refractivity contribution >= 4 is 10.9 Å². The Labute approximate surface area is 77.2 Å². The number of nitrogens with one attached hydrogen (secondary N) is 1. The number of hydrogen-bond donors (Lipinski definition) is 1. The van der Waals surface area contributed by atoms with Gasteiger partial charge in [-0.1, -0.05) is 6.07 Å². The monoisotopic (exact) mass is 171 g/mol. The molecule has 3 rings (SSSR count). The van der Waals surface area contributed by atoms with E-state index in [-0.39, 0.29) is 0 Å². The van der Waals surface area contributed by atoms with Crippen molar-refractivity contribution in [1.29, 1.82) is 0 Å². The second kappa shape index (κ2) is 2.60. The maximum Gasteiger partial charge on any atom is 0.0483 e. The molecule has 2 aromatic rings.